The Kier molecular flexibility index (Phi) is 4.46. The van der Waals surface area contributed by atoms with Crippen LogP contribution in [0.3, 0.4) is 0 Å². The minimum Gasteiger partial charge on any atom is -0.497 e. The van der Waals surface area contributed by atoms with E-state index in [2.05, 4.69) is 20.8 Å². The number of Topliss-reactive ketones (excluding diaryl/α,β-unsaturated/α-hetero) is 1. The van der Waals surface area contributed by atoms with Crippen LogP contribution in [0.1, 0.15) is 42.3 Å². The molecule has 2 rings (SSSR count). The van der Waals surface area contributed by atoms with Crippen LogP contribution in [0, 0.1) is 0 Å². The fraction of sp³-hybridized carbons (Fsp3) is 0.316. The van der Waals surface area contributed by atoms with Crippen LogP contribution in [0.4, 0.5) is 0 Å². The summed E-state index contributed by atoms with van der Waals surface area (Å²) in [5.41, 5.74) is 2.84. The number of ether oxygens (including phenoxy) is 1. The molecule has 0 aliphatic heterocycles. The van der Waals surface area contributed by atoms with Gasteiger partial charge in [0.25, 0.3) is 0 Å². The number of ketones is 1. The molecule has 0 spiro atoms. The highest BCUT2D eigenvalue weighted by molar-refractivity contribution is 5.99. The van der Waals surface area contributed by atoms with Crippen molar-refractivity contribution in [2.75, 3.05) is 7.11 Å². The fourth-order valence-corrected chi connectivity index (χ4v) is 2.44. The van der Waals surface area contributed by atoms with Gasteiger partial charge in [0.05, 0.1) is 7.11 Å². The van der Waals surface area contributed by atoms with Gasteiger partial charge in [0.2, 0.25) is 0 Å². The van der Waals surface area contributed by atoms with Crippen LogP contribution in [0.2, 0.25) is 0 Å². The maximum absolute atomic E-state index is 12.6. The summed E-state index contributed by atoms with van der Waals surface area (Å²) in [7, 11) is 1.63. The SMILES string of the molecule is COc1cccc(CC(=O)c2ccccc2C(C)(C)C)c1. The summed E-state index contributed by atoms with van der Waals surface area (Å²) in [6.45, 7) is 6.39. The molecule has 0 bridgehead atoms. The molecule has 0 unspecified atom stereocenters. The largest absolute Gasteiger partial charge is 0.497 e. The minimum absolute atomic E-state index is 0.0410. The van der Waals surface area contributed by atoms with Gasteiger partial charge < -0.3 is 4.74 Å². The van der Waals surface area contributed by atoms with Gasteiger partial charge in [-0.25, -0.2) is 0 Å². The summed E-state index contributed by atoms with van der Waals surface area (Å²) >= 11 is 0. The number of hydrogen-bond acceptors (Lipinski definition) is 2. The van der Waals surface area contributed by atoms with Gasteiger partial charge in [-0.1, -0.05) is 57.2 Å². The summed E-state index contributed by atoms with van der Waals surface area (Å²) in [6.07, 6.45) is 0.393. The Bertz CT molecular complexity index is 636. The number of methoxy groups -OCH3 is 1. The number of carbonyl (C=O) groups is 1. The molecule has 0 amide bonds. The Morgan fingerprint density at radius 2 is 1.76 bits per heavy atom. The first-order chi connectivity index (χ1) is 9.91. The van der Waals surface area contributed by atoms with Gasteiger partial charge >= 0.3 is 0 Å². The molecule has 2 nitrogen and oxygen atoms in total. The second kappa shape index (κ2) is 6.13. The van der Waals surface area contributed by atoms with Gasteiger partial charge in [-0.15, -0.1) is 0 Å². The maximum Gasteiger partial charge on any atom is 0.167 e. The van der Waals surface area contributed by atoms with E-state index in [1.54, 1.807) is 7.11 Å². The molecule has 0 aliphatic rings. The van der Waals surface area contributed by atoms with E-state index in [0.29, 0.717) is 6.42 Å². The minimum atomic E-state index is -0.0410. The highest BCUT2D eigenvalue weighted by atomic mass is 16.5. The second-order valence-electron chi connectivity index (χ2n) is 6.25. The van der Waals surface area contributed by atoms with Gasteiger partial charge in [-0.3, -0.25) is 4.79 Å². The fourth-order valence-electron chi connectivity index (χ4n) is 2.44. The first kappa shape index (κ1) is 15.3. The third-order valence-electron chi connectivity index (χ3n) is 3.53. The number of hydrogen-bond donors (Lipinski definition) is 0. The monoisotopic (exact) mass is 282 g/mol. The Balaban J connectivity index is 2.29. The number of benzene rings is 2. The molecular formula is C19H22O2. The topological polar surface area (TPSA) is 26.3 Å². The van der Waals surface area contributed by atoms with E-state index in [1.807, 2.05) is 48.5 Å². The van der Waals surface area contributed by atoms with Crippen LogP contribution in [0.15, 0.2) is 48.5 Å². The molecule has 0 aliphatic carbocycles. The Hall–Kier alpha value is -2.09. The normalized spacial score (nSPS) is 11.2. The first-order valence-corrected chi connectivity index (χ1v) is 7.17. The standard InChI is InChI=1S/C19H22O2/c1-19(2,3)17-11-6-5-10-16(17)18(20)13-14-8-7-9-15(12-14)21-4/h5-12H,13H2,1-4H3. The van der Waals surface area contributed by atoms with Gasteiger partial charge in [0.15, 0.2) is 5.78 Å². The van der Waals surface area contributed by atoms with E-state index in [1.165, 1.54) is 0 Å². The Morgan fingerprint density at radius 3 is 2.43 bits per heavy atom. The molecule has 0 saturated carbocycles. The van der Waals surface area contributed by atoms with E-state index < -0.39 is 0 Å². The highest BCUT2D eigenvalue weighted by Gasteiger charge is 2.21. The average molecular weight is 282 g/mol. The van der Waals surface area contributed by atoms with Crippen LogP contribution in [0.5, 0.6) is 5.75 Å². The Labute approximate surface area is 126 Å². The quantitative estimate of drug-likeness (QED) is 0.776. The molecule has 0 saturated heterocycles. The molecular weight excluding hydrogens is 260 g/mol. The van der Waals surface area contributed by atoms with E-state index >= 15 is 0 Å². The van der Waals surface area contributed by atoms with Crippen LogP contribution >= 0.6 is 0 Å². The summed E-state index contributed by atoms with van der Waals surface area (Å²) in [4.78, 5) is 12.6. The van der Waals surface area contributed by atoms with Crippen molar-refractivity contribution in [3.8, 4) is 5.75 Å². The van der Waals surface area contributed by atoms with E-state index in [-0.39, 0.29) is 11.2 Å². The summed E-state index contributed by atoms with van der Waals surface area (Å²) in [5.74, 6) is 0.929. The van der Waals surface area contributed by atoms with Crippen molar-refractivity contribution in [3.05, 3.63) is 65.2 Å². The molecule has 0 heterocycles. The summed E-state index contributed by atoms with van der Waals surface area (Å²) in [5, 5.41) is 0. The van der Waals surface area contributed by atoms with Gasteiger partial charge in [0.1, 0.15) is 5.75 Å². The molecule has 110 valence electrons. The summed E-state index contributed by atoms with van der Waals surface area (Å²) in [6, 6.07) is 15.5. The lowest BCUT2D eigenvalue weighted by atomic mass is 9.82. The smallest absolute Gasteiger partial charge is 0.167 e. The number of rotatable bonds is 4. The van der Waals surface area contributed by atoms with Gasteiger partial charge in [-0.05, 0) is 28.7 Å². The zero-order valence-electron chi connectivity index (χ0n) is 13.1. The molecule has 2 heteroatoms. The predicted molar refractivity (Wildman–Crippen MR) is 86.2 cm³/mol. The van der Waals surface area contributed by atoms with Crippen molar-refractivity contribution in [1.82, 2.24) is 0 Å². The molecule has 0 atom stereocenters. The zero-order chi connectivity index (χ0) is 15.5. The van der Waals surface area contributed by atoms with E-state index in [9.17, 15) is 4.79 Å². The first-order valence-electron chi connectivity index (χ1n) is 7.17. The van der Waals surface area contributed by atoms with Gasteiger partial charge in [0, 0.05) is 12.0 Å². The van der Waals surface area contributed by atoms with E-state index in [0.717, 1.165) is 22.4 Å². The lowest BCUT2D eigenvalue weighted by Gasteiger charge is -2.22. The van der Waals surface area contributed by atoms with Crippen LogP contribution < -0.4 is 4.74 Å². The predicted octanol–water partition coefficient (Wildman–Crippen LogP) is 4.42. The van der Waals surface area contributed by atoms with E-state index in [4.69, 9.17) is 4.74 Å². The molecule has 2 aromatic rings. The molecule has 0 radical (unpaired) electrons. The summed E-state index contributed by atoms with van der Waals surface area (Å²) < 4.78 is 5.21. The number of carbonyl (C=O) groups excluding carboxylic acids is 1. The third-order valence-corrected chi connectivity index (χ3v) is 3.53. The molecule has 0 N–H and O–H groups in total. The molecule has 21 heavy (non-hydrogen) atoms. The van der Waals surface area contributed by atoms with Gasteiger partial charge in [-0.2, -0.15) is 0 Å². The Morgan fingerprint density at radius 1 is 1.05 bits per heavy atom. The van der Waals surface area contributed by atoms with Crippen molar-refractivity contribution in [3.63, 3.8) is 0 Å². The van der Waals surface area contributed by atoms with Crippen molar-refractivity contribution < 1.29 is 9.53 Å². The highest BCUT2D eigenvalue weighted by Crippen LogP contribution is 2.27. The average Bonchev–Trinajstić information content (AvgIpc) is 2.46. The third kappa shape index (κ3) is 3.72. The van der Waals surface area contributed by atoms with Crippen molar-refractivity contribution >= 4 is 5.78 Å². The van der Waals surface area contributed by atoms with Crippen molar-refractivity contribution in [1.29, 1.82) is 0 Å². The van der Waals surface area contributed by atoms with Crippen molar-refractivity contribution in [2.45, 2.75) is 32.6 Å². The van der Waals surface area contributed by atoms with Crippen molar-refractivity contribution in [2.24, 2.45) is 0 Å². The zero-order valence-corrected chi connectivity index (χ0v) is 13.1. The molecule has 2 aromatic carbocycles. The van der Waals surface area contributed by atoms with Crippen LogP contribution in [0.25, 0.3) is 0 Å². The second-order valence-corrected chi connectivity index (χ2v) is 6.25. The molecule has 0 aromatic heterocycles. The molecule has 0 fully saturated rings. The van der Waals surface area contributed by atoms with Crippen LogP contribution in [-0.4, -0.2) is 12.9 Å². The maximum atomic E-state index is 12.6. The lowest BCUT2D eigenvalue weighted by Crippen LogP contribution is -2.17. The lowest BCUT2D eigenvalue weighted by molar-refractivity contribution is 0.0991. The van der Waals surface area contributed by atoms with Crippen LogP contribution in [-0.2, 0) is 11.8 Å².